The molecule has 88 valence electrons. The quantitative estimate of drug-likeness (QED) is 0.775. The zero-order valence-electron chi connectivity index (χ0n) is 9.73. The van der Waals surface area contributed by atoms with Crippen LogP contribution in [0.15, 0.2) is 18.5 Å². The molecule has 1 heterocycles. The van der Waals surface area contributed by atoms with Crippen LogP contribution in [0.2, 0.25) is 0 Å². The molecule has 1 atom stereocenters. The second-order valence-electron chi connectivity index (χ2n) is 4.11. The molecule has 0 radical (unpaired) electrons. The fourth-order valence-corrected chi connectivity index (χ4v) is 1.43. The van der Waals surface area contributed by atoms with E-state index in [1.807, 2.05) is 26.1 Å². The van der Waals surface area contributed by atoms with Crippen molar-refractivity contribution in [3.63, 3.8) is 0 Å². The first-order valence-electron chi connectivity index (χ1n) is 5.46. The number of aromatic nitrogens is 1. The van der Waals surface area contributed by atoms with Gasteiger partial charge in [0.2, 0.25) is 0 Å². The molecule has 0 aliphatic rings. The van der Waals surface area contributed by atoms with Gasteiger partial charge in [-0.1, -0.05) is 6.92 Å². The first-order valence-corrected chi connectivity index (χ1v) is 5.46. The second-order valence-corrected chi connectivity index (χ2v) is 4.11. The van der Waals surface area contributed by atoms with Crippen LogP contribution in [0.1, 0.15) is 25.3 Å². The highest BCUT2D eigenvalue weighted by molar-refractivity contribution is 5.66. The van der Waals surface area contributed by atoms with E-state index >= 15 is 0 Å². The topological polar surface area (TPSA) is 62.2 Å². The summed E-state index contributed by atoms with van der Waals surface area (Å²) in [4.78, 5) is 14.4. The Bertz CT molecular complexity index is 353. The number of nitrogens with zero attached hydrogens (tertiary/aromatic N) is 1. The molecule has 0 saturated carbocycles. The van der Waals surface area contributed by atoms with E-state index in [4.69, 9.17) is 5.11 Å². The molecule has 1 aromatic heterocycles. The van der Waals surface area contributed by atoms with Crippen LogP contribution in [0.4, 0.5) is 5.69 Å². The maximum absolute atomic E-state index is 10.4. The van der Waals surface area contributed by atoms with Crippen LogP contribution >= 0.6 is 0 Å². The summed E-state index contributed by atoms with van der Waals surface area (Å²) in [5.74, 6) is -0.379. The highest BCUT2D eigenvalue weighted by Crippen LogP contribution is 2.13. The number of carboxylic acids is 1. The van der Waals surface area contributed by atoms with Crippen molar-refractivity contribution < 1.29 is 9.90 Å². The molecular formula is C12H18N2O2. The lowest BCUT2D eigenvalue weighted by Gasteiger charge is -2.13. The third-order valence-corrected chi connectivity index (χ3v) is 2.51. The summed E-state index contributed by atoms with van der Waals surface area (Å²) < 4.78 is 0. The van der Waals surface area contributed by atoms with Crippen LogP contribution in [0.5, 0.6) is 0 Å². The summed E-state index contributed by atoms with van der Waals surface area (Å²) >= 11 is 0. The van der Waals surface area contributed by atoms with E-state index in [1.54, 1.807) is 6.20 Å². The van der Waals surface area contributed by atoms with Gasteiger partial charge in [0, 0.05) is 31.0 Å². The summed E-state index contributed by atoms with van der Waals surface area (Å²) in [5.41, 5.74) is 2.17. The summed E-state index contributed by atoms with van der Waals surface area (Å²) in [6.45, 7) is 4.84. The largest absolute Gasteiger partial charge is 0.481 e. The van der Waals surface area contributed by atoms with E-state index in [0.717, 1.165) is 17.8 Å². The summed E-state index contributed by atoms with van der Waals surface area (Å²) in [5, 5.41) is 11.9. The van der Waals surface area contributed by atoms with Crippen LogP contribution < -0.4 is 5.32 Å². The number of hydrogen-bond donors (Lipinski definition) is 2. The Labute approximate surface area is 95.7 Å². The fourth-order valence-electron chi connectivity index (χ4n) is 1.43. The predicted octanol–water partition coefficient (Wildman–Crippen LogP) is 2.30. The third kappa shape index (κ3) is 4.29. The summed E-state index contributed by atoms with van der Waals surface area (Å²) in [6.07, 6.45) is 4.49. The van der Waals surface area contributed by atoms with Gasteiger partial charge in [-0.15, -0.1) is 0 Å². The Morgan fingerprint density at radius 1 is 1.62 bits per heavy atom. The third-order valence-electron chi connectivity index (χ3n) is 2.51. The smallest absolute Gasteiger partial charge is 0.303 e. The monoisotopic (exact) mass is 222 g/mol. The molecule has 1 rings (SSSR count). The maximum atomic E-state index is 10.4. The van der Waals surface area contributed by atoms with E-state index < -0.39 is 5.97 Å². The fraction of sp³-hybridized carbons (Fsp3) is 0.500. The minimum atomic E-state index is -0.730. The zero-order chi connectivity index (χ0) is 12.0. The van der Waals surface area contributed by atoms with Gasteiger partial charge in [-0.2, -0.15) is 0 Å². The van der Waals surface area contributed by atoms with Crippen LogP contribution in [0.3, 0.4) is 0 Å². The van der Waals surface area contributed by atoms with Gasteiger partial charge in [-0.25, -0.2) is 0 Å². The molecule has 16 heavy (non-hydrogen) atoms. The number of pyridine rings is 1. The van der Waals surface area contributed by atoms with E-state index in [1.165, 1.54) is 0 Å². The van der Waals surface area contributed by atoms with Crippen molar-refractivity contribution in [2.75, 3.05) is 11.9 Å². The summed E-state index contributed by atoms with van der Waals surface area (Å²) in [7, 11) is 0. The molecular weight excluding hydrogens is 204 g/mol. The predicted molar refractivity (Wildman–Crippen MR) is 63.5 cm³/mol. The lowest BCUT2D eigenvalue weighted by Crippen LogP contribution is -2.13. The molecule has 4 nitrogen and oxygen atoms in total. The number of hydrogen-bond acceptors (Lipinski definition) is 3. The maximum Gasteiger partial charge on any atom is 0.303 e. The van der Waals surface area contributed by atoms with Gasteiger partial charge in [0.05, 0.1) is 0 Å². The van der Waals surface area contributed by atoms with Crippen LogP contribution in [-0.4, -0.2) is 22.6 Å². The standard InChI is InChI=1S/C12H18N2O2/c1-9(3-4-12(15)16)7-14-11-5-6-13-8-10(11)2/h5-6,8-9H,3-4,7H2,1-2H3,(H,13,14)(H,15,16). The molecule has 0 bridgehead atoms. The molecule has 0 aliphatic heterocycles. The van der Waals surface area contributed by atoms with Gasteiger partial charge < -0.3 is 10.4 Å². The SMILES string of the molecule is Cc1cnccc1NCC(C)CCC(=O)O. The van der Waals surface area contributed by atoms with Gasteiger partial charge in [0.1, 0.15) is 0 Å². The number of aryl methyl sites for hydroxylation is 1. The first kappa shape index (κ1) is 12.5. The van der Waals surface area contributed by atoms with Crippen molar-refractivity contribution in [1.82, 2.24) is 4.98 Å². The first-order chi connectivity index (χ1) is 7.59. The number of nitrogens with one attached hydrogen (secondary N) is 1. The van der Waals surface area contributed by atoms with Gasteiger partial charge in [0.25, 0.3) is 0 Å². The number of rotatable bonds is 6. The van der Waals surface area contributed by atoms with Crippen LogP contribution in [0.25, 0.3) is 0 Å². The Kier molecular flexibility index (Phi) is 4.76. The zero-order valence-corrected chi connectivity index (χ0v) is 9.73. The number of aliphatic carboxylic acids is 1. The molecule has 0 amide bonds. The van der Waals surface area contributed by atoms with Gasteiger partial charge in [-0.3, -0.25) is 9.78 Å². The minimum absolute atomic E-state index is 0.234. The van der Waals surface area contributed by atoms with Gasteiger partial charge in [0.15, 0.2) is 0 Å². The van der Waals surface area contributed by atoms with E-state index in [-0.39, 0.29) is 6.42 Å². The lowest BCUT2D eigenvalue weighted by molar-refractivity contribution is -0.137. The van der Waals surface area contributed by atoms with Crippen molar-refractivity contribution in [3.05, 3.63) is 24.0 Å². The Balaban J connectivity index is 2.34. The van der Waals surface area contributed by atoms with E-state index in [9.17, 15) is 4.79 Å². The average molecular weight is 222 g/mol. The van der Waals surface area contributed by atoms with Crippen molar-refractivity contribution in [2.24, 2.45) is 5.92 Å². The molecule has 1 aromatic rings. The summed E-state index contributed by atoms with van der Waals surface area (Å²) in [6, 6.07) is 1.93. The highest BCUT2D eigenvalue weighted by atomic mass is 16.4. The Morgan fingerprint density at radius 3 is 3.00 bits per heavy atom. The van der Waals surface area contributed by atoms with Gasteiger partial charge >= 0.3 is 5.97 Å². The molecule has 1 unspecified atom stereocenters. The van der Waals surface area contributed by atoms with Gasteiger partial charge in [-0.05, 0) is 30.9 Å². The van der Waals surface area contributed by atoms with E-state index in [0.29, 0.717) is 12.3 Å². The Hall–Kier alpha value is -1.58. The molecule has 0 aromatic carbocycles. The Morgan fingerprint density at radius 2 is 2.38 bits per heavy atom. The minimum Gasteiger partial charge on any atom is -0.481 e. The second kappa shape index (κ2) is 6.10. The van der Waals surface area contributed by atoms with Crippen molar-refractivity contribution in [2.45, 2.75) is 26.7 Å². The van der Waals surface area contributed by atoms with Crippen molar-refractivity contribution in [3.8, 4) is 0 Å². The molecule has 2 N–H and O–H groups in total. The van der Waals surface area contributed by atoms with Crippen LogP contribution in [0, 0.1) is 12.8 Å². The molecule has 0 saturated heterocycles. The molecule has 0 aliphatic carbocycles. The van der Waals surface area contributed by atoms with Crippen molar-refractivity contribution >= 4 is 11.7 Å². The van der Waals surface area contributed by atoms with Crippen molar-refractivity contribution in [1.29, 1.82) is 0 Å². The lowest BCUT2D eigenvalue weighted by atomic mass is 10.1. The number of carboxylic acid groups (broad SMARTS) is 1. The average Bonchev–Trinajstić information content (AvgIpc) is 2.25. The molecule has 0 spiro atoms. The van der Waals surface area contributed by atoms with E-state index in [2.05, 4.69) is 10.3 Å². The molecule has 0 fully saturated rings. The number of anilines is 1. The molecule has 4 heteroatoms. The number of carbonyl (C=O) groups is 1. The van der Waals surface area contributed by atoms with Crippen LogP contribution in [-0.2, 0) is 4.79 Å². The normalized spacial score (nSPS) is 12.1. The highest BCUT2D eigenvalue weighted by Gasteiger charge is 2.05.